The minimum absolute atomic E-state index is 0.0379. The third kappa shape index (κ3) is 5.44. The lowest BCUT2D eigenvalue weighted by atomic mass is 9.70. The predicted octanol–water partition coefficient (Wildman–Crippen LogP) is 5.28. The van der Waals surface area contributed by atoms with E-state index in [1.807, 2.05) is 18.2 Å². The Balaban J connectivity index is 1.90. The zero-order chi connectivity index (χ0) is 22.4. The first-order valence-corrected chi connectivity index (χ1v) is 10.7. The van der Waals surface area contributed by atoms with Crippen molar-refractivity contribution in [1.82, 2.24) is 0 Å². The summed E-state index contributed by atoms with van der Waals surface area (Å²) in [6.45, 7) is 8.75. The summed E-state index contributed by atoms with van der Waals surface area (Å²) in [5.41, 5.74) is 5.52. The number of carbonyl (C=O) groups excluding carboxylic acids is 2. The van der Waals surface area contributed by atoms with Crippen LogP contribution in [-0.2, 0) is 19.7 Å². The van der Waals surface area contributed by atoms with Crippen LogP contribution in [0.3, 0.4) is 0 Å². The van der Waals surface area contributed by atoms with Crippen LogP contribution in [0.2, 0.25) is 0 Å². The standard InChI is InChI=1S/C27H28O4/c1-5-30-25(28)18-22-15-16-27(3,4)24-14-11-20(17-23(22)24)8-7-19-9-12-21(13-10-19)26(29)31-6-2/h9-14,17-18H,5-6,15-16H2,1-4H3. The minimum Gasteiger partial charge on any atom is -0.463 e. The third-order valence-corrected chi connectivity index (χ3v) is 5.44. The molecule has 1 aliphatic carbocycles. The summed E-state index contributed by atoms with van der Waals surface area (Å²) in [5, 5.41) is 0. The Kier molecular flexibility index (Phi) is 6.97. The molecular formula is C27H28O4. The highest BCUT2D eigenvalue weighted by molar-refractivity contribution is 5.92. The summed E-state index contributed by atoms with van der Waals surface area (Å²) in [6, 6.07) is 13.3. The van der Waals surface area contributed by atoms with Crippen LogP contribution in [0.4, 0.5) is 0 Å². The van der Waals surface area contributed by atoms with Crippen molar-refractivity contribution >= 4 is 17.5 Å². The number of hydrogen-bond donors (Lipinski definition) is 0. The molecule has 0 atom stereocenters. The Morgan fingerprint density at radius 3 is 2.29 bits per heavy atom. The number of rotatable bonds is 4. The van der Waals surface area contributed by atoms with Crippen LogP contribution in [-0.4, -0.2) is 25.2 Å². The largest absolute Gasteiger partial charge is 0.463 e. The lowest BCUT2D eigenvalue weighted by molar-refractivity contribution is -0.137. The molecule has 1 aliphatic rings. The van der Waals surface area contributed by atoms with Gasteiger partial charge in [0.1, 0.15) is 0 Å². The second kappa shape index (κ2) is 9.66. The van der Waals surface area contributed by atoms with E-state index < -0.39 is 0 Å². The number of carbonyl (C=O) groups is 2. The average molecular weight is 417 g/mol. The molecule has 0 saturated carbocycles. The van der Waals surface area contributed by atoms with E-state index in [0.29, 0.717) is 18.8 Å². The van der Waals surface area contributed by atoms with E-state index in [-0.39, 0.29) is 17.4 Å². The van der Waals surface area contributed by atoms with Crippen molar-refractivity contribution in [3.8, 4) is 11.8 Å². The first kappa shape index (κ1) is 22.4. The molecule has 4 nitrogen and oxygen atoms in total. The molecule has 31 heavy (non-hydrogen) atoms. The van der Waals surface area contributed by atoms with E-state index in [0.717, 1.165) is 35.1 Å². The third-order valence-electron chi connectivity index (χ3n) is 5.44. The van der Waals surface area contributed by atoms with Crippen molar-refractivity contribution in [3.63, 3.8) is 0 Å². The van der Waals surface area contributed by atoms with Crippen LogP contribution in [0, 0.1) is 11.8 Å². The first-order chi connectivity index (χ1) is 14.8. The normalized spacial score (nSPS) is 15.4. The van der Waals surface area contributed by atoms with E-state index in [4.69, 9.17) is 9.47 Å². The van der Waals surface area contributed by atoms with Gasteiger partial charge >= 0.3 is 11.9 Å². The molecule has 0 aliphatic heterocycles. The molecule has 0 bridgehead atoms. The number of hydrogen-bond acceptors (Lipinski definition) is 4. The Hall–Kier alpha value is -3.32. The Bertz CT molecular complexity index is 1060. The molecule has 2 aromatic carbocycles. The molecule has 0 heterocycles. The molecule has 2 aromatic rings. The molecule has 3 rings (SSSR count). The smallest absolute Gasteiger partial charge is 0.338 e. The molecule has 0 spiro atoms. The van der Waals surface area contributed by atoms with E-state index >= 15 is 0 Å². The molecule has 0 radical (unpaired) electrons. The van der Waals surface area contributed by atoms with Crippen LogP contribution in [0.5, 0.6) is 0 Å². The molecule has 160 valence electrons. The number of esters is 2. The number of allylic oxidation sites excluding steroid dienone is 1. The van der Waals surface area contributed by atoms with Crippen molar-refractivity contribution in [2.45, 2.75) is 46.0 Å². The van der Waals surface area contributed by atoms with Crippen molar-refractivity contribution in [2.24, 2.45) is 0 Å². The quantitative estimate of drug-likeness (QED) is 0.387. The van der Waals surface area contributed by atoms with Gasteiger partial charge in [0, 0.05) is 17.2 Å². The summed E-state index contributed by atoms with van der Waals surface area (Å²) < 4.78 is 10.1. The van der Waals surface area contributed by atoms with Gasteiger partial charge in [-0.05, 0) is 85.2 Å². The maximum Gasteiger partial charge on any atom is 0.338 e. The fourth-order valence-electron chi connectivity index (χ4n) is 3.72. The van der Waals surface area contributed by atoms with Gasteiger partial charge in [-0.15, -0.1) is 0 Å². The summed E-state index contributed by atoms with van der Waals surface area (Å²) in [4.78, 5) is 23.8. The van der Waals surface area contributed by atoms with Crippen molar-refractivity contribution in [3.05, 3.63) is 76.4 Å². The Morgan fingerprint density at radius 1 is 0.968 bits per heavy atom. The Morgan fingerprint density at radius 2 is 1.61 bits per heavy atom. The summed E-state index contributed by atoms with van der Waals surface area (Å²) in [7, 11) is 0. The maximum absolute atomic E-state index is 12.0. The van der Waals surface area contributed by atoms with Gasteiger partial charge in [0.2, 0.25) is 0 Å². The predicted molar refractivity (Wildman–Crippen MR) is 122 cm³/mol. The second-order valence-electron chi connectivity index (χ2n) is 8.11. The highest BCUT2D eigenvalue weighted by Crippen LogP contribution is 2.42. The molecule has 0 amide bonds. The zero-order valence-electron chi connectivity index (χ0n) is 18.6. The fraction of sp³-hybridized carbons (Fsp3) is 0.333. The van der Waals surface area contributed by atoms with Gasteiger partial charge in [0.05, 0.1) is 18.8 Å². The molecule has 0 fully saturated rings. The van der Waals surface area contributed by atoms with Gasteiger partial charge in [-0.25, -0.2) is 9.59 Å². The molecule has 0 aromatic heterocycles. The molecule has 0 unspecified atom stereocenters. The number of fused-ring (bicyclic) bond motifs is 1. The van der Waals surface area contributed by atoms with Gasteiger partial charge in [-0.2, -0.15) is 0 Å². The van der Waals surface area contributed by atoms with E-state index in [2.05, 4.69) is 37.8 Å². The van der Waals surface area contributed by atoms with Crippen LogP contribution >= 0.6 is 0 Å². The van der Waals surface area contributed by atoms with E-state index in [1.54, 1.807) is 32.1 Å². The van der Waals surface area contributed by atoms with Gasteiger partial charge in [-0.3, -0.25) is 0 Å². The van der Waals surface area contributed by atoms with Crippen LogP contribution in [0.15, 0.2) is 48.5 Å². The molecule has 4 heteroatoms. The van der Waals surface area contributed by atoms with Crippen molar-refractivity contribution in [1.29, 1.82) is 0 Å². The van der Waals surface area contributed by atoms with Crippen LogP contribution in [0.1, 0.15) is 73.1 Å². The summed E-state index contributed by atoms with van der Waals surface area (Å²) >= 11 is 0. The SMILES string of the molecule is CCOC(=O)C=C1CCC(C)(C)c2ccc(C#Cc3ccc(C(=O)OCC)cc3)cc21. The number of ether oxygens (including phenoxy) is 2. The van der Waals surface area contributed by atoms with Gasteiger partial charge in [0.25, 0.3) is 0 Å². The van der Waals surface area contributed by atoms with Crippen LogP contribution in [0.25, 0.3) is 5.57 Å². The molecule has 0 N–H and O–H groups in total. The van der Waals surface area contributed by atoms with Crippen molar-refractivity contribution in [2.75, 3.05) is 13.2 Å². The lowest BCUT2D eigenvalue weighted by Crippen LogP contribution is -2.23. The average Bonchev–Trinajstić information content (AvgIpc) is 2.75. The van der Waals surface area contributed by atoms with E-state index in [1.165, 1.54) is 5.56 Å². The van der Waals surface area contributed by atoms with Gasteiger partial charge < -0.3 is 9.47 Å². The van der Waals surface area contributed by atoms with Crippen LogP contribution < -0.4 is 0 Å². The number of benzene rings is 2. The highest BCUT2D eigenvalue weighted by Gasteiger charge is 2.30. The zero-order valence-corrected chi connectivity index (χ0v) is 18.6. The summed E-state index contributed by atoms with van der Waals surface area (Å²) in [5.74, 6) is 5.71. The highest BCUT2D eigenvalue weighted by atomic mass is 16.5. The fourth-order valence-corrected chi connectivity index (χ4v) is 3.72. The van der Waals surface area contributed by atoms with Gasteiger partial charge in [0.15, 0.2) is 0 Å². The maximum atomic E-state index is 12.0. The monoisotopic (exact) mass is 416 g/mol. The van der Waals surface area contributed by atoms with Gasteiger partial charge in [-0.1, -0.05) is 31.8 Å². The Labute approximate surface area is 184 Å². The topological polar surface area (TPSA) is 52.6 Å². The first-order valence-electron chi connectivity index (χ1n) is 10.7. The molecular weight excluding hydrogens is 388 g/mol. The van der Waals surface area contributed by atoms with Crippen molar-refractivity contribution < 1.29 is 19.1 Å². The van der Waals surface area contributed by atoms with E-state index in [9.17, 15) is 9.59 Å². The lowest BCUT2D eigenvalue weighted by Gasteiger charge is -2.34. The minimum atomic E-state index is -0.333. The second-order valence-corrected chi connectivity index (χ2v) is 8.11. The summed E-state index contributed by atoms with van der Waals surface area (Å²) in [6.07, 6.45) is 3.41. The molecule has 0 saturated heterocycles.